The zero-order valence-corrected chi connectivity index (χ0v) is 21.1. The van der Waals surface area contributed by atoms with E-state index in [1.165, 1.54) is 0 Å². The Balaban J connectivity index is 1.56. The molecule has 11 nitrogen and oxygen atoms in total. The molecule has 0 radical (unpaired) electrons. The highest BCUT2D eigenvalue weighted by molar-refractivity contribution is 5.81. The van der Waals surface area contributed by atoms with Gasteiger partial charge in [-0.15, -0.1) is 0 Å². The minimum absolute atomic E-state index is 0.128. The monoisotopic (exact) mass is 517 g/mol. The number of likely N-dealkylation sites (tertiary alicyclic amines) is 1. The molecule has 1 aromatic rings. The van der Waals surface area contributed by atoms with Gasteiger partial charge in [0, 0.05) is 18.0 Å². The number of rotatable bonds is 5. The molecule has 1 spiro atoms. The summed E-state index contributed by atoms with van der Waals surface area (Å²) in [6, 6.07) is 3.25. The summed E-state index contributed by atoms with van der Waals surface area (Å²) in [6.45, 7) is 5.79. The molecule has 4 aliphatic rings. The number of ether oxygens (including phenoxy) is 4. The van der Waals surface area contributed by atoms with Gasteiger partial charge in [-0.25, -0.2) is 9.59 Å². The molecule has 200 valence electrons. The summed E-state index contributed by atoms with van der Waals surface area (Å²) >= 11 is 0. The maximum atomic E-state index is 12.5. The van der Waals surface area contributed by atoms with Crippen LogP contribution < -0.4 is 9.47 Å². The van der Waals surface area contributed by atoms with Crippen molar-refractivity contribution in [2.75, 3.05) is 13.6 Å². The summed E-state index contributed by atoms with van der Waals surface area (Å²) < 4.78 is 22.7. The number of likely N-dealkylation sites (N-methyl/N-ethyl adjacent to an activating group) is 1. The summed E-state index contributed by atoms with van der Waals surface area (Å²) in [6.07, 6.45) is -1.70. The van der Waals surface area contributed by atoms with Crippen LogP contribution in [0.4, 0.5) is 4.79 Å². The number of carboxylic acid groups (broad SMARTS) is 1. The number of carbonyl (C=O) groups is 3. The van der Waals surface area contributed by atoms with Crippen molar-refractivity contribution in [2.24, 2.45) is 0 Å². The lowest BCUT2D eigenvalue weighted by molar-refractivity contribution is -0.170. The SMILES string of the molecule is CN1CC[C@]23c4c5ccc(OC(=O)OC(C)(C)C)c4O[C@H]2C(OC(=O)C[C@@H](O)C(=O)O)=CC[C@@]3(O)[C@H]1C5. The summed E-state index contributed by atoms with van der Waals surface area (Å²) in [4.78, 5) is 38.1. The van der Waals surface area contributed by atoms with Gasteiger partial charge in [-0.05, 0) is 64.9 Å². The molecule has 0 saturated carbocycles. The van der Waals surface area contributed by atoms with E-state index in [9.17, 15) is 24.6 Å². The number of aliphatic hydroxyl groups excluding tert-OH is 1. The summed E-state index contributed by atoms with van der Waals surface area (Å²) in [7, 11) is 1.96. The number of hydrogen-bond acceptors (Lipinski definition) is 10. The lowest BCUT2D eigenvalue weighted by atomic mass is 9.50. The van der Waals surface area contributed by atoms with E-state index in [2.05, 4.69) is 4.90 Å². The van der Waals surface area contributed by atoms with Gasteiger partial charge < -0.3 is 39.2 Å². The van der Waals surface area contributed by atoms with Gasteiger partial charge in [0.25, 0.3) is 0 Å². The predicted octanol–water partition coefficient (Wildman–Crippen LogP) is 1.66. The van der Waals surface area contributed by atoms with Crippen LogP contribution in [-0.2, 0) is 30.9 Å². The third kappa shape index (κ3) is 3.87. The second-order valence-electron chi connectivity index (χ2n) is 11.2. The largest absolute Gasteiger partial charge is 0.514 e. The average molecular weight is 518 g/mol. The highest BCUT2D eigenvalue weighted by atomic mass is 16.7. The van der Waals surface area contributed by atoms with Gasteiger partial charge >= 0.3 is 18.1 Å². The number of benzene rings is 1. The normalized spacial score (nSPS) is 30.4. The lowest BCUT2D eigenvalue weighted by Gasteiger charge is -2.61. The molecule has 11 heteroatoms. The van der Waals surface area contributed by atoms with E-state index in [0.29, 0.717) is 19.4 Å². The summed E-state index contributed by atoms with van der Waals surface area (Å²) in [5.41, 5.74) is -1.37. The number of carbonyl (C=O) groups excluding carboxylic acids is 2. The smallest absolute Gasteiger partial charge is 0.479 e. The number of aliphatic hydroxyl groups is 2. The number of piperidine rings is 1. The molecule has 1 fully saturated rings. The molecule has 1 aromatic carbocycles. The van der Waals surface area contributed by atoms with Crippen LogP contribution in [-0.4, -0.2) is 81.4 Å². The molecule has 2 aliphatic heterocycles. The third-order valence-electron chi connectivity index (χ3n) is 7.80. The number of esters is 1. The molecular weight excluding hydrogens is 486 g/mol. The fourth-order valence-corrected chi connectivity index (χ4v) is 6.29. The fraction of sp³-hybridized carbons (Fsp3) is 0.577. The van der Waals surface area contributed by atoms with Crippen LogP contribution in [0, 0.1) is 0 Å². The van der Waals surface area contributed by atoms with Crippen LogP contribution in [0.25, 0.3) is 0 Å². The second kappa shape index (κ2) is 8.44. The molecule has 1 saturated heterocycles. The van der Waals surface area contributed by atoms with E-state index < -0.39 is 53.3 Å². The van der Waals surface area contributed by atoms with Crippen molar-refractivity contribution in [3.8, 4) is 11.5 Å². The van der Waals surface area contributed by atoms with Crippen LogP contribution in [0.15, 0.2) is 24.0 Å². The highest BCUT2D eigenvalue weighted by Gasteiger charge is 2.72. The van der Waals surface area contributed by atoms with Gasteiger partial charge in [-0.2, -0.15) is 0 Å². The Morgan fingerprint density at radius 2 is 1.97 bits per heavy atom. The quantitative estimate of drug-likeness (QED) is 0.386. The molecule has 3 N–H and O–H groups in total. The molecule has 0 aromatic heterocycles. The van der Waals surface area contributed by atoms with Crippen molar-refractivity contribution in [1.82, 2.24) is 4.90 Å². The van der Waals surface area contributed by atoms with E-state index in [1.54, 1.807) is 32.9 Å². The van der Waals surface area contributed by atoms with E-state index in [0.717, 1.165) is 11.1 Å². The first-order valence-electron chi connectivity index (χ1n) is 12.2. The highest BCUT2D eigenvalue weighted by Crippen LogP contribution is 2.65. The van der Waals surface area contributed by atoms with E-state index >= 15 is 0 Å². The molecule has 2 aliphatic carbocycles. The maximum absolute atomic E-state index is 12.5. The minimum atomic E-state index is -1.91. The first kappa shape index (κ1) is 25.5. The van der Waals surface area contributed by atoms with Gasteiger partial charge in [0.2, 0.25) is 0 Å². The molecule has 0 amide bonds. The van der Waals surface area contributed by atoms with Crippen molar-refractivity contribution >= 4 is 18.1 Å². The molecule has 0 unspecified atom stereocenters. The van der Waals surface area contributed by atoms with Crippen molar-refractivity contribution in [3.05, 3.63) is 35.1 Å². The van der Waals surface area contributed by atoms with Gasteiger partial charge in [0.1, 0.15) is 11.4 Å². The molecule has 37 heavy (non-hydrogen) atoms. The summed E-state index contributed by atoms with van der Waals surface area (Å²) in [5.74, 6) is -1.94. The van der Waals surface area contributed by atoms with Crippen LogP contribution in [0.1, 0.15) is 51.2 Å². The Morgan fingerprint density at radius 1 is 1.24 bits per heavy atom. The van der Waals surface area contributed by atoms with Gasteiger partial charge in [0.05, 0.1) is 17.4 Å². The third-order valence-corrected chi connectivity index (χ3v) is 7.80. The number of carboxylic acids is 1. The van der Waals surface area contributed by atoms with E-state index in [-0.39, 0.29) is 29.7 Å². The Labute approximate surface area is 213 Å². The Bertz CT molecular complexity index is 1200. The topological polar surface area (TPSA) is 152 Å². The maximum Gasteiger partial charge on any atom is 0.514 e. The number of hydrogen-bond donors (Lipinski definition) is 3. The van der Waals surface area contributed by atoms with Crippen molar-refractivity contribution in [1.29, 1.82) is 0 Å². The van der Waals surface area contributed by atoms with Crippen LogP contribution in [0.2, 0.25) is 0 Å². The van der Waals surface area contributed by atoms with Crippen LogP contribution >= 0.6 is 0 Å². The van der Waals surface area contributed by atoms with Crippen LogP contribution in [0.5, 0.6) is 11.5 Å². The zero-order chi connectivity index (χ0) is 26.9. The van der Waals surface area contributed by atoms with Gasteiger partial charge in [-0.3, -0.25) is 4.79 Å². The van der Waals surface area contributed by atoms with Gasteiger partial charge in [-0.1, -0.05) is 6.07 Å². The minimum Gasteiger partial charge on any atom is -0.479 e. The standard InChI is InChI=1S/C26H31NO10/c1-24(2,3)37-23(32)35-15-6-5-13-11-17-26(33)8-7-16(34-18(29)12-14(28)22(30)31)21-25(26,9-10-27(17)4)19(13)20(15)36-21/h5-7,14,17,21,28,33H,8-12H2,1-4H3,(H,30,31)/t14-,17-,21+,25+,26-/m1/s1. The lowest BCUT2D eigenvalue weighted by Crippen LogP contribution is -2.74. The Hall–Kier alpha value is -3.15. The first-order chi connectivity index (χ1) is 17.3. The van der Waals surface area contributed by atoms with Crippen molar-refractivity contribution in [3.63, 3.8) is 0 Å². The van der Waals surface area contributed by atoms with E-state index in [1.807, 2.05) is 13.1 Å². The first-order valence-corrected chi connectivity index (χ1v) is 12.2. The molecular formula is C26H31NO10. The predicted molar refractivity (Wildman–Crippen MR) is 126 cm³/mol. The fourth-order valence-electron chi connectivity index (χ4n) is 6.29. The second-order valence-corrected chi connectivity index (χ2v) is 11.2. The average Bonchev–Trinajstić information content (AvgIpc) is 3.14. The van der Waals surface area contributed by atoms with Gasteiger partial charge in [0.15, 0.2) is 23.7 Å². The van der Waals surface area contributed by atoms with Crippen LogP contribution in [0.3, 0.4) is 0 Å². The van der Waals surface area contributed by atoms with Crippen molar-refractivity contribution in [2.45, 2.75) is 81.3 Å². The number of nitrogens with zero attached hydrogens (tertiary/aromatic N) is 1. The Morgan fingerprint density at radius 3 is 2.65 bits per heavy atom. The molecule has 5 atom stereocenters. The van der Waals surface area contributed by atoms with Crippen molar-refractivity contribution < 1.29 is 48.7 Å². The molecule has 5 rings (SSSR count). The Kier molecular flexibility index (Phi) is 5.81. The molecule has 2 heterocycles. The summed E-state index contributed by atoms with van der Waals surface area (Å²) in [5, 5.41) is 30.8. The van der Waals surface area contributed by atoms with E-state index in [4.69, 9.17) is 24.1 Å². The zero-order valence-electron chi connectivity index (χ0n) is 21.1. The molecule has 2 bridgehead atoms. The number of aliphatic carboxylic acids is 1.